The topological polar surface area (TPSA) is 33.1 Å². The molecule has 0 radical (unpaired) electrons. The van der Waals surface area contributed by atoms with E-state index in [1.807, 2.05) is 66.7 Å². The highest BCUT2D eigenvalue weighted by Gasteiger charge is 2.05. The molecule has 4 heteroatoms. The summed E-state index contributed by atoms with van der Waals surface area (Å²) in [7, 11) is 0. The molecule has 0 aliphatic carbocycles. The Morgan fingerprint density at radius 3 is 2.74 bits per heavy atom. The number of nitrogens with zero attached hydrogens (tertiary/aromatic N) is 1. The third-order valence-corrected chi connectivity index (χ3v) is 4.41. The van der Waals surface area contributed by atoms with Gasteiger partial charge in [0.05, 0.1) is 17.3 Å². The van der Waals surface area contributed by atoms with Gasteiger partial charge in [0.15, 0.2) is 0 Å². The number of aliphatic hydroxyl groups is 1. The maximum absolute atomic E-state index is 9.89. The lowest BCUT2D eigenvalue weighted by atomic mass is 10.1. The van der Waals surface area contributed by atoms with E-state index in [1.54, 1.807) is 0 Å². The van der Waals surface area contributed by atoms with E-state index in [0.717, 1.165) is 27.7 Å². The second kappa shape index (κ2) is 7.26. The Labute approximate surface area is 148 Å². The number of alkyl halides is 1. The normalized spacial score (nSPS) is 12.8. The molecule has 1 atom stereocenters. The van der Waals surface area contributed by atoms with Crippen LogP contribution in [-0.4, -0.2) is 15.4 Å². The van der Waals surface area contributed by atoms with E-state index < -0.39 is 6.10 Å². The molecular formula is C19H15BrClNO. The van der Waals surface area contributed by atoms with E-state index in [4.69, 9.17) is 11.6 Å². The minimum absolute atomic E-state index is 0.496. The number of pyridine rings is 1. The molecule has 23 heavy (non-hydrogen) atoms. The molecule has 2 aromatic carbocycles. The Morgan fingerprint density at radius 1 is 1.09 bits per heavy atom. The molecule has 1 heterocycles. The Morgan fingerprint density at radius 2 is 1.91 bits per heavy atom. The lowest BCUT2D eigenvalue weighted by Crippen LogP contribution is -1.97. The van der Waals surface area contributed by atoms with Crippen molar-refractivity contribution in [2.45, 2.75) is 6.10 Å². The van der Waals surface area contributed by atoms with Crippen LogP contribution in [0, 0.1) is 0 Å². The fraction of sp³-hybridized carbons (Fsp3) is 0.105. The summed E-state index contributed by atoms with van der Waals surface area (Å²) in [4.78, 5) is 4.60. The van der Waals surface area contributed by atoms with Gasteiger partial charge in [0, 0.05) is 15.7 Å². The molecule has 116 valence electrons. The van der Waals surface area contributed by atoms with E-state index in [-0.39, 0.29) is 0 Å². The first kappa shape index (κ1) is 16.2. The maximum Gasteiger partial charge on any atom is 0.0887 e. The quantitative estimate of drug-likeness (QED) is 0.600. The van der Waals surface area contributed by atoms with Crippen LogP contribution in [0.25, 0.3) is 23.1 Å². The van der Waals surface area contributed by atoms with Crippen molar-refractivity contribution in [2.75, 3.05) is 5.33 Å². The Kier molecular flexibility index (Phi) is 5.11. The monoisotopic (exact) mass is 387 g/mol. The van der Waals surface area contributed by atoms with Gasteiger partial charge < -0.3 is 5.11 Å². The SMILES string of the molecule is OC(CBr)c1cccc(/C=C/c2ccc3ccc(Cl)cc3n2)c1. The number of hydrogen-bond donors (Lipinski definition) is 1. The highest BCUT2D eigenvalue weighted by Crippen LogP contribution is 2.20. The largest absolute Gasteiger partial charge is 0.388 e. The van der Waals surface area contributed by atoms with Gasteiger partial charge in [-0.1, -0.05) is 63.9 Å². The van der Waals surface area contributed by atoms with Gasteiger partial charge in [0.1, 0.15) is 0 Å². The predicted molar refractivity (Wildman–Crippen MR) is 101 cm³/mol. The van der Waals surface area contributed by atoms with Gasteiger partial charge >= 0.3 is 0 Å². The summed E-state index contributed by atoms with van der Waals surface area (Å²) >= 11 is 9.31. The molecule has 3 aromatic rings. The molecule has 1 unspecified atom stereocenters. The lowest BCUT2D eigenvalue weighted by molar-refractivity contribution is 0.205. The van der Waals surface area contributed by atoms with Crippen molar-refractivity contribution in [3.8, 4) is 0 Å². The average molecular weight is 389 g/mol. The van der Waals surface area contributed by atoms with Crippen molar-refractivity contribution in [1.82, 2.24) is 4.98 Å². The highest BCUT2D eigenvalue weighted by atomic mass is 79.9. The van der Waals surface area contributed by atoms with Gasteiger partial charge in [0.25, 0.3) is 0 Å². The fourth-order valence-electron chi connectivity index (χ4n) is 2.34. The van der Waals surface area contributed by atoms with Crippen LogP contribution in [0.1, 0.15) is 22.9 Å². The van der Waals surface area contributed by atoms with Gasteiger partial charge in [0.2, 0.25) is 0 Å². The first-order valence-electron chi connectivity index (χ1n) is 7.24. The number of aliphatic hydroxyl groups excluding tert-OH is 1. The summed E-state index contributed by atoms with van der Waals surface area (Å²) in [5.41, 5.74) is 3.66. The zero-order valence-corrected chi connectivity index (χ0v) is 14.6. The predicted octanol–water partition coefficient (Wildman–Crippen LogP) is 5.49. The van der Waals surface area contributed by atoms with Crippen LogP contribution in [0.3, 0.4) is 0 Å². The molecule has 0 aliphatic heterocycles. The second-order valence-corrected chi connectivity index (χ2v) is 6.33. The average Bonchev–Trinajstić information content (AvgIpc) is 2.59. The van der Waals surface area contributed by atoms with Gasteiger partial charge in [-0.05, 0) is 41.5 Å². The summed E-state index contributed by atoms with van der Waals surface area (Å²) < 4.78 is 0. The van der Waals surface area contributed by atoms with Crippen LogP contribution in [0.15, 0.2) is 54.6 Å². The summed E-state index contributed by atoms with van der Waals surface area (Å²) in [5.74, 6) is 0. The van der Waals surface area contributed by atoms with Gasteiger partial charge in [-0.25, -0.2) is 4.98 Å². The minimum atomic E-state index is -0.496. The van der Waals surface area contributed by atoms with Crippen molar-refractivity contribution in [3.05, 3.63) is 76.4 Å². The van der Waals surface area contributed by atoms with E-state index >= 15 is 0 Å². The smallest absolute Gasteiger partial charge is 0.0887 e. The molecule has 0 saturated heterocycles. The minimum Gasteiger partial charge on any atom is -0.388 e. The van der Waals surface area contributed by atoms with Crippen LogP contribution >= 0.6 is 27.5 Å². The lowest BCUT2D eigenvalue weighted by Gasteiger charge is -2.07. The second-order valence-electron chi connectivity index (χ2n) is 5.25. The van der Waals surface area contributed by atoms with Crippen molar-refractivity contribution >= 4 is 50.6 Å². The number of halogens is 2. The zero-order valence-electron chi connectivity index (χ0n) is 12.3. The first-order valence-corrected chi connectivity index (χ1v) is 8.74. The van der Waals surface area contributed by atoms with Crippen LogP contribution in [-0.2, 0) is 0 Å². The number of aromatic nitrogens is 1. The molecule has 3 rings (SSSR count). The molecule has 0 fully saturated rings. The summed E-state index contributed by atoms with van der Waals surface area (Å²) in [6.45, 7) is 0. The van der Waals surface area contributed by atoms with Crippen molar-refractivity contribution in [3.63, 3.8) is 0 Å². The van der Waals surface area contributed by atoms with E-state index in [2.05, 4.69) is 20.9 Å². The molecule has 0 spiro atoms. The fourth-order valence-corrected chi connectivity index (χ4v) is 2.88. The number of benzene rings is 2. The summed E-state index contributed by atoms with van der Waals surface area (Å²) in [6, 6.07) is 17.5. The molecule has 0 saturated carbocycles. The van der Waals surface area contributed by atoms with Crippen molar-refractivity contribution < 1.29 is 5.11 Å². The number of fused-ring (bicyclic) bond motifs is 1. The van der Waals surface area contributed by atoms with E-state index in [1.165, 1.54) is 0 Å². The van der Waals surface area contributed by atoms with Crippen LogP contribution in [0.2, 0.25) is 5.02 Å². The zero-order chi connectivity index (χ0) is 16.2. The van der Waals surface area contributed by atoms with Crippen molar-refractivity contribution in [2.24, 2.45) is 0 Å². The van der Waals surface area contributed by atoms with Crippen LogP contribution in [0.4, 0.5) is 0 Å². The molecule has 0 amide bonds. The van der Waals surface area contributed by atoms with Gasteiger partial charge in [-0.2, -0.15) is 0 Å². The number of rotatable bonds is 4. The first-order chi connectivity index (χ1) is 11.2. The Balaban J connectivity index is 1.87. The molecule has 0 aliphatic rings. The highest BCUT2D eigenvalue weighted by molar-refractivity contribution is 9.09. The van der Waals surface area contributed by atoms with Crippen LogP contribution < -0.4 is 0 Å². The molecular weight excluding hydrogens is 374 g/mol. The number of hydrogen-bond acceptors (Lipinski definition) is 2. The van der Waals surface area contributed by atoms with Gasteiger partial charge in [-0.15, -0.1) is 0 Å². The third kappa shape index (κ3) is 3.99. The standard InChI is InChI=1S/C19H15BrClNO/c20-12-19(23)15-3-1-2-13(10-15)4-8-17-9-6-14-5-7-16(21)11-18(14)22-17/h1-11,19,23H,12H2/b8-4+. The Bertz CT molecular complexity index is 863. The summed E-state index contributed by atoms with van der Waals surface area (Å²) in [5, 5.41) is 12.2. The summed E-state index contributed by atoms with van der Waals surface area (Å²) in [6.07, 6.45) is 3.45. The van der Waals surface area contributed by atoms with Gasteiger partial charge in [-0.3, -0.25) is 0 Å². The molecule has 1 aromatic heterocycles. The van der Waals surface area contributed by atoms with Crippen molar-refractivity contribution in [1.29, 1.82) is 0 Å². The third-order valence-electron chi connectivity index (χ3n) is 3.56. The Hall–Kier alpha value is -1.68. The maximum atomic E-state index is 9.89. The van der Waals surface area contributed by atoms with E-state index in [0.29, 0.717) is 10.4 Å². The van der Waals surface area contributed by atoms with E-state index in [9.17, 15) is 5.11 Å². The molecule has 1 N–H and O–H groups in total. The van der Waals surface area contributed by atoms with Crippen LogP contribution in [0.5, 0.6) is 0 Å². The molecule has 2 nitrogen and oxygen atoms in total. The molecule has 0 bridgehead atoms.